The number of carbonyl (C=O) groups excluding carboxylic acids is 2. The predicted octanol–water partition coefficient (Wildman–Crippen LogP) is 7.99. The minimum absolute atomic E-state index is 0.0151. The first-order valence-corrected chi connectivity index (χ1v) is 14.5. The molecule has 0 saturated carbocycles. The van der Waals surface area contributed by atoms with Crippen molar-refractivity contribution in [2.45, 2.75) is 103 Å². The number of anilines is 2. The largest absolute Gasteiger partial charge is 0.481 e. The fourth-order valence-corrected chi connectivity index (χ4v) is 4.54. The maximum atomic E-state index is 12.6. The maximum Gasteiger partial charge on any atom is 0.316 e. The molecule has 0 aliphatic carbocycles. The standard InChI is InChI=1S/C32H46N2O4/c1-2-3-4-5-6-7-8-9-10-11-12-13-17-20-30(35)33-27-21-23-28(24-22-27)34-31(36)29(32(37)38)25-26-18-15-14-16-19-26/h14-16,18-19,21-24,29H,2-13,17,20,25H2,1H3,(H,33,35)(H,34,36)(H,37,38). The van der Waals surface area contributed by atoms with Gasteiger partial charge in [0.25, 0.3) is 0 Å². The molecule has 2 amide bonds. The second-order valence-electron chi connectivity index (χ2n) is 10.2. The first kappa shape index (κ1) is 31.1. The first-order chi connectivity index (χ1) is 18.5. The number of hydrogen-bond acceptors (Lipinski definition) is 3. The number of aliphatic carboxylic acids is 1. The second kappa shape index (κ2) is 19.0. The van der Waals surface area contributed by atoms with Crippen molar-refractivity contribution >= 4 is 29.2 Å². The lowest BCUT2D eigenvalue weighted by molar-refractivity contribution is -0.145. The van der Waals surface area contributed by atoms with Crippen molar-refractivity contribution in [3.63, 3.8) is 0 Å². The predicted molar refractivity (Wildman–Crippen MR) is 155 cm³/mol. The first-order valence-electron chi connectivity index (χ1n) is 14.5. The summed E-state index contributed by atoms with van der Waals surface area (Å²) < 4.78 is 0. The quantitative estimate of drug-likeness (QED) is 0.121. The van der Waals surface area contributed by atoms with Crippen LogP contribution in [-0.2, 0) is 20.8 Å². The highest BCUT2D eigenvalue weighted by Gasteiger charge is 2.26. The summed E-state index contributed by atoms with van der Waals surface area (Å²) in [5.41, 5.74) is 1.93. The van der Waals surface area contributed by atoms with Crippen LogP contribution in [0.1, 0.15) is 102 Å². The van der Waals surface area contributed by atoms with Gasteiger partial charge in [-0.15, -0.1) is 0 Å². The van der Waals surface area contributed by atoms with E-state index in [1.54, 1.807) is 36.4 Å². The minimum atomic E-state index is -1.18. The van der Waals surface area contributed by atoms with E-state index in [0.717, 1.165) is 18.4 Å². The Morgan fingerprint density at radius 3 is 1.63 bits per heavy atom. The zero-order valence-corrected chi connectivity index (χ0v) is 23.1. The molecule has 3 N–H and O–H groups in total. The van der Waals surface area contributed by atoms with Crippen molar-refractivity contribution in [3.05, 3.63) is 60.2 Å². The maximum absolute atomic E-state index is 12.6. The van der Waals surface area contributed by atoms with Crippen LogP contribution in [0.2, 0.25) is 0 Å². The van der Waals surface area contributed by atoms with Gasteiger partial charge >= 0.3 is 5.97 Å². The lowest BCUT2D eigenvalue weighted by atomic mass is 9.98. The molecule has 0 bridgehead atoms. The Kier molecular flexibility index (Phi) is 15.5. The molecule has 0 aliphatic heterocycles. The molecule has 0 aromatic heterocycles. The third-order valence-corrected chi connectivity index (χ3v) is 6.84. The van der Waals surface area contributed by atoms with Crippen LogP contribution in [0, 0.1) is 5.92 Å². The Balaban J connectivity index is 1.59. The topological polar surface area (TPSA) is 95.5 Å². The van der Waals surface area contributed by atoms with Gasteiger partial charge in [0, 0.05) is 17.8 Å². The van der Waals surface area contributed by atoms with E-state index in [0.29, 0.717) is 17.8 Å². The number of nitrogens with one attached hydrogen (secondary N) is 2. The van der Waals surface area contributed by atoms with E-state index in [4.69, 9.17) is 0 Å². The molecule has 0 heterocycles. The molecule has 1 unspecified atom stereocenters. The summed E-state index contributed by atoms with van der Waals surface area (Å²) in [4.78, 5) is 36.5. The van der Waals surface area contributed by atoms with Crippen LogP contribution in [0.5, 0.6) is 0 Å². The molecule has 2 aromatic carbocycles. The summed E-state index contributed by atoms with van der Waals surface area (Å²) in [6.07, 6.45) is 17.2. The van der Waals surface area contributed by atoms with Gasteiger partial charge in [-0.2, -0.15) is 0 Å². The SMILES string of the molecule is CCCCCCCCCCCCCCCC(=O)Nc1ccc(NC(=O)C(Cc2ccccc2)C(=O)O)cc1. The molecule has 2 rings (SSSR count). The van der Waals surface area contributed by atoms with Gasteiger partial charge in [0.15, 0.2) is 0 Å². The number of amides is 2. The Hall–Kier alpha value is -3.15. The molecule has 2 aromatic rings. The van der Waals surface area contributed by atoms with Crippen LogP contribution >= 0.6 is 0 Å². The van der Waals surface area contributed by atoms with Crippen LogP contribution in [0.3, 0.4) is 0 Å². The Labute approximate surface area is 228 Å². The Morgan fingerprint density at radius 2 is 1.13 bits per heavy atom. The lowest BCUT2D eigenvalue weighted by Gasteiger charge is -2.13. The van der Waals surface area contributed by atoms with E-state index in [9.17, 15) is 19.5 Å². The van der Waals surface area contributed by atoms with Crippen LogP contribution < -0.4 is 10.6 Å². The van der Waals surface area contributed by atoms with Crippen molar-refractivity contribution in [2.24, 2.45) is 5.92 Å². The average Bonchev–Trinajstić information content (AvgIpc) is 2.91. The van der Waals surface area contributed by atoms with Crippen LogP contribution in [0.15, 0.2) is 54.6 Å². The third kappa shape index (κ3) is 13.4. The molecular weight excluding hydrogens is 476 g/mol. The van der Waals surface area contributed by atoms with E-state index >= 15 is 0 Å². The van der Waals surface area contributed by atoms with Gasteiger partial charge in [0.2, 0.25) is 11.8 Å². The van der Waals surface area contributed by atoms with Gasteiger partial charge in [0.05, 0.1) is 0 Å². The fraction of sp³-hybridized carbons (Fsp3) is 0.531. The molecule has 0 fully saturated rings. The average molecular weight is 523 g/mol. The highest BCUT2D eigenvalue weighted by atomic mass is 16.4. The molecule has 1 atom stereocenters. The summed E-state index contributed by atoms with van der Waals surface area (Å²) in [6, 6.07) is 15.8. The Bertz CT molecular complexity index is 944. The van der Waals surface area contributed by atoms with E-state index in [1.165, 1.54) is 70.6 Å². The summed E-state index contributed by atoms with van der Waals surface area (Å²) in [5.74, 6) is -2.93. The Morgan fingerprint density at radius 1 is 0.658 bits per heavy atom. The molecule has 38 heavy (non-hydrogen) atoms. The second-order valence-corrected chi connectivity index (χ2v) is 10.2. The van der Waals surface area contributed by atoms with E-state index in [1.807, 2.05) is 18.2 Å². The monoisotopic (exact) mass is 522 g/mol. The van der Waals surface area contributed by atoms with Crippen molar-refractivity contribution in [1.82, 2.24) is 0 Å². The smallest absolute Gasteiger partial charge is 0.316 e. The fourth-order valence-electron chi connectivity index (χ4n) is 4.54. The van der Waals surface area contributed by atoms with Gasteiger partial charge in [-0.25, -0.2) is 0 Å². The summed E-state index contributed by atoms with van der Waals surface area (Å²) in [6.45, 7) is 2.25. The zero-order chi connectivity index (χ0) is 27.4. The number of unbranched alkanes of at least 4 members (excludes halogenated alkanes) is 12. The summed E-state index contributed by atoms with van der Waals surface area (Å²) >= 11 is 0. The molecule has 6 nitrogen and oxygen atoms in total. The molecule has 6 heteroatoms. The highest BCUT2D eigenvalue weighted by molar-refractivity contribution is 6.04. The minimum Gasteiger partial charge on any atom is -0.481 e. The highest BCUT2D eigenvalue weighted by Crippen LogP contribution is 2.18. The number of benzene rings is 2. The van der Waals surface area contributed by atoms with Crippen LogP contribution in [0.25, 0.3) is 0 Å². The summed E-state index contributed by atoms with van der Waals surface area (Å²) in [5, 5.41) is 15.1. The zero-order valence-electron chi connectivity index (χ0n) is 23.1. The van der Waals surface area contributed by atoms with Crippen molar-refractivity contribution in [3.8, 4) is 0 Å². The van der Waals surface area contributed by atoms with Crippen LogP contribution in [-0.4, -0.2) is 22.9 Å². The van der Waals surface area contributed by atoms with Crippen molar-refractivity contribution < 1.29 is 19.5 Å². The summed E-state index contributed by atoms with van der Waals surface area (Å²) in [7, 11) is 0. The lowest BCUT2D eigenvalue weighted by Crippen LogP contribution is -2.31. The van der Waals surface area contributed by atoms with Gasteiger partial charge in [-0.3, -0.25) is 14.4 Å². The van der Waals surface area contributed by atoms with E-state index in [2.05, 4.69) is 17.6 Å². The number of carboxylic acid groups (broad SMARTS) is 1. The van der Waals surface area contributed by atoms with Gasteiger partial charge < -0.3 is 15.7 Å². The van der Waals surface area contributed by atoms with Gasteiger partial charge in [-0.05, 0) is 42.7 Å². The molecule has 0 spiro atoms. The molecule has 0 radical (unpaired) electrons. The number of carboxylic acids is 1. The van der Waals surface area contributed by atoms with Gasteiger partial charge in [-0.1, -0.05) is 114 Å². The number of rotatable bonds is 20. The normalized spacial score (nSPS) is 11.6. The van der Waals surface area contributed by atoms with Gasteiger partial charge in [0.1, 0.15) is 5.92 Å². The number of hydrogen-bond donors (Lipinski definition) is 3. The molecule has 0 aliphatic rings. The molecular formula is C32H46N2O4. The van der Waals surface area contributed by atoms with E-state index < -0.39 is 17.8 Å². The molecule has 208 valence electrons. The molecule has 0 saturated heterocycles. The number of carbonyl (C=O) groups is 3. The van der Waals surface area contributed by atoms with E-state index in [-0.39, 0.29) is 12.3 Å². The van der Waals surface area contributed by atoms with Crippen molar-refractivity contribution in [2.75, 3.05) is 10.6 Å². The van der Waals surface area contributed by atoms with Crippen molar-refractivity contribution in [1.29, 1.82) is 0 Å². The van der Waals surface area contributed by atoms with Crippen LogP contribution in [0.4, 0.5) is 11.4 Å². The third-order valence-electron chi connectivity index (χ3n) is 6.84.